The van der Waals surface area contributed by atoms with Crippen molar-refractivity contribution in [2.75, 3.05) is 45.9 Å². The Bertz CT molecular complexity index is 793. The van der Waals surface area contributed by atoms with Crippen molar-refractivity contribution in [3.63, 3.8) is 0 Å². The van der Waals surface area contributed by atoms with Crippen LogP contribution in [0, 0.1) is 5.41 Å². The van der Waals surface area contributed by atoms with Crippen LogP contribution in [0.4, 0.5) is 0 Å². The fraction of sp³-hybridized carbons (Fsp3) is 0.929. The van der Waals surface area contributed by atoms with Crippen molar-refractivity contribution < 1.29 is 23.9 Å². The maximum atomic E-state index is 13.2. The van der Waals surface area contributed by atoms with Crippen LogP contribution in [-0.2, 0) is 23.9 Å². The summed E-state index contributed by atoms with van der Waals surface area (Å²) >= 11 is 0. The van der Waals surface area contributed by atoms with Crippen LogP contribution in [-0.4, -0.2) is 73.6 Å². The molecular formula is C42H78N2O5. The molecule has 0 aromatic rings. The molecule has 2 fully saturated rings. The number of carbonyl (C=O) groups excluding carboxylic acids is 3. The standard InChI is InChI=1S/C42H78N2O5/c1-3-5-7-9-11-13-15-18-22-28-40(46)48-37-42(38-49-41(47)29-23-19-16-14-12-10-8-6-4-2)30-35-44(36-31-42)39(45)27-26-34-43-32-24-20-17-21-25-33-43/h3-38H2,1-2H3. The number of piperidine rings is 1. The normalized spacial score (nSPS) is 17.0. The molecule has 2 heterocycles. The van der Waals surface area contributed by atoms with Gasteiger partial charge in [-0.05, 0) is 64.6 Å². The third kappa shape index (κ3) is 22.0. The molecule has 286 valence electrons. The van der Waals surface area contributed by atoms with Crippen LogP contribution in [0.3, 0.4) is 0 Å². The number of unbranched alkanes of at least 4 members (excludes halogenated alkanes) is 16. The molecular weight excluding hydrogens is 612 g/mol. The SMILES string of the molecule is CCCCCCCCCCCC(=O)OCC1(COC(=O)CCCCCCCCCCC)CCN(C(=O)CCCN2CCCCCCC2)CC1. The first-order valence-corrected chi connectivity index (χ1v) is 21.3. The van der Waals surface area contributed by atoms with Crippen molar-refractivity contribution in [2.24, 2.45) is 5.41 Å². The number of likely N-dealkylation sites (tertiary alicyclic amines) is 2. The minimum atomic E-state index is -0.413. The van der Waals surface area contributed by atoms with Crippen molar-refractivity contribution in [1.29, 1.82) is 0 Å². The second-order valence-corrected chi connectivity index (χ2v) is 15.6. The molecule has 7 heteroatoms. The van der Waals surface area contributed by atoms with E-state index >= 15 is 0 Å². The van der Waals surface area contributed by atoms with E-state index in [1.54, 1.807) is 0 Å². The first-order valence-electron chi connectivity index (χ1n) is 21.3. The summed E-state index contributed by atoms with van der Waals surface area (Å²) in [6.07, 6.45) is 32.2. The van der Waals surface area contributed by atoms with E-state index in [1.165, 1.54) is 122 Å². The van der Waals surface area contributed by atoms with E-state index in [-0.39, 0.29) is 31.1 Å². The Morgan fingerprint density at radius 1 is 0.490 bits per heavy atom. The lowest BCUT2D eigenvalue weighted by molar-refractivity contribution is -0.158. The number of carbonyl (C=O) groups is 3. The van der Waals surface area contributed by atoms with Crippen molar-refractivity contribution in [2.45, 2.75) is 200 Å². The smallest absolute Gasteiger partial charge is 0.305 e. The van der Waals surface area contributed by atoms with Gasteiger partial charge in [0.05, 0.1) is 0 Å². The molecule has 2 rings (SSSR count). The van der Waals surface area contributed by atoms with Crippen LogP contribution in [0.1, 0.15) is 200 Å². The highest BCUT2D eigenvalue weighted by molar-refractivity contribution is 5.76. The van der Waals surface area contributed by atoms with Gasteiger partial charge in [-0.25, -0.2) is 0 Å². The number of hydrogen-bond donors (Lipinski definition) is 0. The first kappa shape index (κ1) is 43.5. The van der Waals surface area contributed by atoms with Crippen LogP contribution in [0.5, 0.6) is 0 Å². The average Bonchev–Trinajstić information content (AvgIpc) is 3.09. The fourth-order valence-corrected chi connectivity index (χ4v) is 7.48. The molecule has 0 aromatic carbocycles. The van der Waals surface area contributed by atoms with E-state index in [9.17, 15) is 14.4 Å². The molecule has 0 spiro atoms. The minimum Gasteiger partial charge on any atom is -0.465 e. The lowest BCUT2D eigenvalue weighted by Gasteiger charge is -2.41. The summed E-state index contributed by atoms with van der Waals surface area (Å²) in [5, 5.41) is 0. The molecule has 0 radical (unpaired) electrons. The van der Waals surface area contributed by atoms with Crippen molar-refractivity contribution in [3.8, 4) is 0 Å². The molecule has 0 N–H and O–H groups in total. The monoisotopic (exact) mass is 691 g/mol. The first-order chi connectivity index (χ1) is 24.0. The van der Waals surface area contributed by atoms with Gasteiger partial charge in [0, 0.05) is 37.8 Å². The highest BCUT2D eigenvalue weighted by Crippen LogP contribution is 2.33. The maximum absolute atomic E-state index is 13.2. The molecule has 7 nitrogen and oxygen atoms in total. The number of amides is 1. The highest BCUT2D eigenvalue weighted by Gasteiger charge is 2.38. The highest BCUT2D eigenvalue weighted by atomic mass is 16.5. The quantitative estimate of drug-likeness (QED) is 0.0601. The van der Waals surface area contributed by atoms with Gasteiger partial charge in [-0.3, -0.25) is 14.4 Å². The van der Waals surface area contributed by atoms with Crippen molar-refractivity contribution >= 4 is 17.8 Å². The van der Waals surface area contributed by atoms with Gasteiger partial charge >= 0.3 is 11.9 Å². The Labute approximate surface area is 302 Å². The molecule has 0 unspecified atom stereocenters. The molecule has 0 atom stereocenters. The van der Waals surface area contributed by atoms with Gasteiger partial charge in [-0.15, -0.1) is 0 Å². The number of esters is 2. The Kier molecular flexibility index (Phi) is 25.8. The van der Waals surface area contributed by atoms with E-state index < -0.39 is 5.41 Å². The lowest BCUT2D eigenvalue weighted by Crippen LogP contribution is -2.47. The summed E-state index contributed by atoms with van der Waals surface area (Å²) < 4.78 is 11.7. The molecule has 0 aromatic heterocycles. The van der Waals surface area contributed by atoms with E-state index in [2.05, 4.69) is 18.7 Å². The van der Waals surface area contributed by atoms with Gasteiger partial charge in [-0.1, -0.05) is 136 Å². The number of ether oxygens (including phenoxy) is 2. The summed E-state index contributed by atoms with van der Waals surface area (Å²) in [6, 6.07) is 0. The van der Waals surface area contributed by atoms with Crippen LogP contribution in [0.25, 0.3) is 0 Å². The predicted molar refractivity (Wildman–Crippen MR) is 203 cm³/mol. The van der Waals surface area contributed by atoms with Crippen LogP contribution >= 0.6 is 0 Å². The molecule has 2 aliphatic heterocycles. The Morgan fingerprint density at radius 3 is 1.35 bits per heavy atom. The number of nitrogens with zero attached hydrogens (tertiary/aromatic N) is 2. The van der Waals surface area contributed by atoms with Gasteiger partial charge in [0.15, 0.2) is 0 Å². The van der Waals surface area contributed by atoms with Crippen molar-refractivity contribution in [1.82, 2.24) is 9.80 Å². The predicted octanol–water partition coefficient (Wildman–Crippen LogP) is 10.6. The summed E-state index contributed by atoms with van der Waals surface area (Å²) in [7, 11) is 0. The van der Waals surface area contributed by atoms with Gasteiger partial charge in [0.25, 0.3) is 0 Å². The fourth-order valence-electron chi connectivity index (χ4n) is 7.48. The zero-order valence-corrected chi connectivity index (χ0v) is 32.4. The van der Waals surface area contributed by atoms with E-state index in [0.29, 0.717) is 45.2 Å². The summed E-state index contributed by atoms with van der Waals surface area (Å²) in [5.74, 6) is -0.0671. The zero-order valence-electron chi connectivity index (χ0n) is 32.4. The number of hydrogen-bond acceptors (Lipinski definition) is 6. The largest absolute Gasteiger partial charge is 0.465 e. The topological polar surface area (TPSA) is 76.1 Å². The molecule has 49 heavy (non-hydrogen) atoms. The van der Waals surface area contributed by atoms with Crippen LogP contribution in [0.2, 0.25) is 0 Å². The summed E-state index contributed by atoms with van der Waals surface area (Å²) in [5.41, 5.74) is -0.413. The maximum Gasteiger partial charge on any atom is 0.305 e. The Morgan fingerprint density at radius 2 is 0.898 bits per heavy atom. The molecule has 2 saturated heterocycles. The van der Waals surface area contributed by atoms with E-state index in [0.717, 1.165) is 51.7 Å². The van der Waals surface area contributed by atoms with E-state index in [1.807, 2.05) is 4.90 Å². The lowest BCUT2D eigenvalue weighted by atomic mass is 9.79. The molecule has 2 aliphatic rings. The molecule has 1 amide bonds. The minimum absolute atomic E-state index is 0.147. The van der Waals surface area contributed by atoms with Crippen LogP contribution in [0.15, 0.2) is 0 Å². The van der Waals surface area contributed by atoms with E-state index in [4.69, 9.17) is 9.47 Å². The molecule has 0 bridgehead atoms. The Balaban J connectivity index is 1.75. The zero-order chi connectivity index (χ0) is 35.3. The third-order valence-electron chi connectivity index (χ3n) is 11.0. The second-order valence-electron chi connectivity index (χ2n) is 15.6. The molecule has 0 aliphatic carbocycles. The van der Waals surface area contributed by atoms with Crippen LogP contribution < -0.4 is 0 Å². The number of rotatable bonds is 28. The average molecular weight is 691 g/mol. The van der Waals surface area contributed by atoms with Gasteiger partial charge in [0.2, 0.25) is 5.91 Å². The second kappa shape index (κ2) is 29.0. The summed E-state index contributed by atoms with van der Waals surface area (Å²) in [6.45, 7) is 9.63. The summed E-state index contributed by atoms with van der Waals surface area (Å²) in [4.78, 5) is 43.2. The van der Waals surface area contributed by atoms with Gasteiger partial charge in [0.1, 0.15) is 13.2 Å². The Hall–Kier alpha value is -1.63. The van der Waals surface area contributed by atoms with Gasteiger partial charge in [-0.2, -0.15) is 0 Å². The third-order valence-corrected chi connectivity index (χ3v) is 11.0. The van der Waals surface area contributed by atoms with Gasteiger partial charge < -0.3 is 19.3 Å². The van der Waals surface area contributed by atoms with Crippen molar-refractivity contribution in [3.05, 3.63) is 0 Å². The molecule has 0 saturated carbocycles.